The average Bonchev–Trinajstić information content (AvgIpc) is 2.77. The Labute approximate surface area is 92.0 Å². The van der Waals surface area contributed by atoms with Crippen molar-refractivity contribution in [3.8, 4) is 11.1 Å². The lowest BCUT2D eigenvalue weighted by molar-refractivity contribution is 1.42. The molecule has 1 nitrogen and oxygen atoms in total. The summed E-state index contributed by atoms with van der Waals surface area (Å²) < 4.78 is 1.25. The molecule has 3 rings (SSSR count). The van der Waals surface area contributed by atoms with Gasteiger partial charge in [-0.1, -0.05) is 30.3 Å². The van der Waals surface area contributed by atoms with Crippen molar-refractivity contribution in [1.82, 2.24) is 4.98 Å². The zero-order chi connectivity index (χ0) is 10.1. The van der Waals surface area contributed by atoms with Gasteiger partial charge in [0.2, 0.25) is 0 Å². The lowest BCUT2D eigenvalue weighted by Crippen LogP contribution is -1.78. The van der Waals surface area contributed by atoms with Crippen LogP contribution in [0.25, 0.3) is 21.3 Å². The minimum absolute atomic E-state index is 1.08. The van der Waals surface area contributed by atoms with E-state index in [9.17, 15) is 0 Å². The van der Waals surface area contributed by atoms with Gasteiger partial charge in [-0.05, 0) is 23.1 Å². The highest BCUT2D eigenvalue weighted by molar-refractivity contribution is 7.17. The van der Waals surface area contributed by atoms with Gasteiger partial charge in [0.25, 0.3) is 0 Å². The first-order valence-corrected chi connectivity index (χ1v) is 5.70. The quantitative estimate of drug-likeness (QED) is 0.593. The van der Waals surface area contributed by atoms with E-state index >= 15 is 0 Å². The van der Waals surface area contributed by atoms with Crippen molar-refractivity contribution >= 4 is 21.6 Å². The lowest BCUT2D eigenvalue weighted by atomic mass is 10.1. The van der Waals surface area contributed by atoms with Crippen molar-refractivity contribution in [3.05, 3.63) is 54.0 Å². The predicted octanol–water partition coefficient (Wildman–Crippen LogP) is 3.96. The molecule has 0 radical (unpaired) electrons. The Balaban J connectivity index is 2.19. The molecule has 0 spiro atoms. The second-order valence-electron chi connectivity index (χ2n) is 3.39. The maximum Gasteiger partial charge on any atom is 0.0810 e. The Morgan fingerprint density at radius 2 is 1.80 bits per heavy atom. The molecular weight excluding hydrogens is 202 g/mol. The molecule has 72 valence electrons. The van der Waals surface area contributed by atoms with Gasteiger partial charge in [0, 0.05) is 11.8 Å². The molecule has 0 aliphatic rings. The number of thiophene rings is 1. The van der Waals surface area contributed by atoms with E-state index in [0.717, 1.165) is 5.52 Å². The third-order valence-electron chi connectivity index (χ3n) is 2.41. The van der Waals surface area contributed by atoms with Crippen molar-refractivity contribution in [2.45, 2.75) is 0 Å². The molecule has 0 amide bonds. The number of hydrogen-bond donors (Lipinski definition) is 0. The highest BCUT2D eigenvalue weighted by Gasteiger charge is 2.00. The highest BCUT2D eigenvalue weighted by Crippen LogP contribution is 2.25. The maximum absolute atomic E-state index is 4.43. The molecule has 3 aromatic rings. The van der Waals surface area contributed by atoms with Crippen molar-refractivity contribution in [2.24, 2.45) is 0 Å². The van der Waals surface area contributed by atoms with Crippen LogP contribution < -0.4 is 0 Å². The van der Waals surface area contributed by atoms with Crippen LogP contribution in [-0.2, 0) is 0 Å². The molecule has 0 saturated heterocycles. The Kier molecular flexibility index (Phi) is 2.00. The molecule has 0 unspecified atom stereocenters. The van der Waals surface area contributed by atoms with E-state index < -0.39 is 0 Å². The van der Waals surface area contributed by atoms with E-state index in [-0.39, 0.29) is 0 Å². The number of rotatable bonds is 1. The van der Waals surface area contributed by atoms with E-state index in [1.54, 1.807) is 11.3 Å². The third-order valence-corrected chi connectivity index (χ3v) is 3.26. The summed E-state index contributed by atoms with van der Waals surface area (Å²) in [5.74, 6) is 0. The zero-order valence-electron chi connectivity index (χ0n) is 8.05. The Hall–Kier alpha value is -1.67. The molecule has 0 N–H and O–H groups in total. The summed E-state index contributed by atoms with van der Waals surface area (Å²) in [6, 6.07) is 14.6. The average molecular weight is 211 g/mol. The Morgan fingerprint density at radius 1 is 0.933 bits per heavy atom. The minimum atomic E-state index is 1.08. The Morgan fingerprint density at radius 3 is 2.67 bits per heavy atom. The molecule has 0 atom stereocenters. The van der Waals surface area contributed by atoms with Gasteiger partial charge < -0.3 is 0 Å². The van der Waals surface area contributed by atoms with Gasteiger partial charge in [0.1, 0.15) is 0 Å². The summed E-state index contributed by atoms with van der Waals surface area (Å²) in [7, 11) is 0. The number of hydrogen-bond acceptors (Lipinski definition) is 2. The lowest BCUT2D eigenvalue weighted by Gasteiger charge is -2.00. The summed E-state index contributed by atoms with van der Waals surface area (Å²) in [6.07, 6.45) is 1.93. The van der Waals surface area contributed by atoms with Crippen LogP contribution in [0.5, 0.6) is 0 Å². The second kappa shape index (κ2) is 3.48. The minimum Gasteiger partial charge on any atom is -0.255 e. The Bertz CT molecular complexity index is 584. The van der Waals surface area contributed by atoms with Crippen LogP contribution in [0, 0.1) is 0 Å². The topological polar surface area (TPSA) is 12.9 Å². The molecule has 0 aliphatic heterocycles. The molecule has 2 heteroatoms. The molecule has 0 fully saturated rings. The van der Waals surface area contributed by atoms with Gasteiger partial charge in [-0.3, -0.25) is 4.98 Å². The summed E-state index contributed by atoms with van der Waals surface area (Å²) in [5, 5.41) is 2.08. The molecule has 0 bridgehead atoms. The van der Waals surface area contributed by atoms with Crippen LogP contribution in [0.4, 0.5) is 0 Å². The highest BCUT2D eigenvalue weighted by atomic mass is 32.1. The smallest absolute Gasteiger partial charge is 0.0810 e. The normalized spacial score (nSPS) is 10.7. The van der Waals surface area contributed by atoms with Gasteiger partial charge in [0.05, 0.1) is 10.2 Å². The van der Waals surface area contributed by atoms with Gasteiger partial charge in [-0.15, -0.1) is 11.3 Å². The zero-order valence-corrected chi connectivity index (χ0v) is 8.87. The molecule has 2 heterocycles. The number of aromatic nitrogens is 1. The molecule has 2 aromatic heterocycles. The molecule has 15 heavy (non-hydrogen) atoms. The molecule has 0 aliphatic carbocycles. The van der Waals surface area contributed by atoms with E-state index in [2.05, 4.69) is 34.6 Å². The molecule has 0 saturated carbocycles. The van der Waals surface area contributed by atoms with Crippen molar-refractivity contribution in [3.63, 3.8) is 0 Å². The number of pyridine rings is 1. The fourth-order valence-corrected chi connectivity index (χ4v) is 2.42. The summed E-state index contributed by atoms with van der Waals surface area (Å²) in [6.45, 7) is 0. The SMILES string of the molecule is c1ccc(-c2cnc3ccsc3c2)cc1. The second-order valence-corrected chi connectivity index (χ2v) is 4.34. The van der Waals surface area contributed by atoms with Gasteiger partial charge in [-0.2, -0.15) is 0 Å². The van der Waals surface area contributed by atoms with E-state index in [4.69, 9.17) is 0 Å². The van der Waals surface area contributed by atoms with Crippen molar-refractivity contribution < 1.29 is 0 Å². The van der Waals surface area contributed by atoms with Crippen LogP contribution in [-0.4, -0.2) is 4.98 Å². The fourth-order valence-electron chi connectivity index (χ4n) is 1.63. The first-order valence-electron chi connectivity index (χ1n) is 4.82. The van der Waals surface area contributed by atoms with Gasteiger partial charge in [0.15, 0.2) is 0 Å². The molecule has 1 aromatic carbocycles. The van der Waals surface area contributed by atoms with E-state index in [1.165, 1.54) is 15.8 Å². The monoisotopic (exact) mass is 211 g/mol. The summed E-state index contributed by atoms with van der Waals surface area (Å²) >= 11 is 1.73. The van der Waals surface area contributed by atoms with Crippen molar-refractivity contribution in [1.29, 1.82) is 0 Å². The van der Waals surface area contributed by atoms with Crippen LogP contribution >= 0.6 is 11.3 Å². The first kappa shape index (κ1) is 8.62. The third kappa shape index (κ3) is 1.53. The summed E-state index contributed by atoms with van der Waals surface area (Å²) in [4.78, 5) is 4.43. The first-order chi connectivity index (χ1) is 7.43. The largest absolute Gasteiger partial charge is 0.255 e. The van der Waals surface area contributed by atoms with Crippen molar-refractivity contribution in [2.75, 3.05) is 0 Å². The van der Waals surface area contributed by atoms with Gasteiger partial charge in [-0.25, -0.2) is 0 Å². The van der Waals surface area contributed by atoms with Crippen LogP contribution in [0.15, 0.2) is 54.0 Å². The van der Waals surface area contributed by atoms with E-state index in [1.807, 2.05) is 24.4 Å². The van der Waals surface area contributed by atoms with Crippen LogP contribution in [0.3, 0.4) is 0 Å². The van der Waals surface area contributed by atoms with E-state index in [0.29, 0.717) is 0 Å². The maximum atomic E-state index is 4.43. The number of nitrogens with zero attached hydrogens (tertiary/aromatic N) is 1. The number of benzene rings is 1. The fraction of sp³-hybridized carbons (Fsp3) is 0. The van der Waals surface area contributed by atoms with Gasteiger partial charge >= 0.3 is 0 Å². The standard InChI is InChI=1S/C13H9NS/c1-2-4-10(5-3-1)11-8-13-12(14-9-11)6-7-15-13/h1-9H. The van der Waals surface area contributed by atoms with Crippen LogP contribution in [0.2, 0.25) is 0 Å². The van der Waals surface area contributed by atoms with Crippen LogP contribution in [0.1, 0.15) is 0 Å². The number of fused-ring (bicyclic) bond motifs is 1. The summed E-state index contributed by atoms with van der Waals surface area (Å²) in [5.41, 5.74) is 3.49. The predicted molar refractivity (Wildman–Crippen MR) is 65.1 cm³/mol. The molecular formula is C13H9NS.